The summed E-state index contributed by atoms with van der Waals surface area (Å²) in [5.41, 5.74) is 2.03. The van der Waals surface area contributed by atoms with E-state index in [0.717, 1.165) is 49.7 Å². The van der Waals surface area contributed by atoms with Crippen LogP contribution >= 0.6 is 22.9 Å². The lowest BCUT2D eigenvalue weighted by Crippen LogP contribution is -2.41. The highest BCUT2D eigenvalue weighted by molar-refractivity contribution is 14.1. The first-order valence-corrected chi connectivity index (χ1v) is 7.42. The Morgan fingerprint density at radius 2 is 1.84 bits per heavy atom. The van der Waals surface area contributed by atoms with Crippen molar-refractivity contribution in [3.05, 3.63) is 42.2 Å². The molecule has 0 atom stereocenters. The molecule has 5 heteroatoms. The van der Waals surface area contributed by atoms with Crippen LogP contribution < -0.4 is 0 Å². The Morgan fingerprint density at radius 3 is 2.58 bits per heavy atom. The van der Waals surface area contributed by atoms with Gasteiger partial charge in [-0.15, -0.1) is 0 Å². The number of hydrogen-bond acceptors (Lipinski definition) is 4. The van der Waals surface area contributed by atoms with E-state index < -0.39 is 0 Å². The Bertz CT molecular complexity index is 520. The topological polar surface area (TPSA) is 32.5 Å². The number of piperazine rings is 1. The van der Waals surface area contributed by atoms with Crippen LogP contribution in [0, 0.1) is 0 Å². The van der Waals surface area contributed by atoms with Crippen molar-refractivity contribution in [2.75, 3.05) is 26.2 Å². The van der Waals surface area contributed by atoms with Crippen molar-refractivity contribution in [1.29, 1.82) is 0 Å². The second kappa shape index (κ2) is 6.02. The highest BCUT2D eigenvalue weighted by Gasteiger charge is 2.17. The van der Waals surface area contributed by atoms with Crippen LogP contribution in [0.15, 0.2) is 40.9 Å². The Balaban J connectivity index is 1.65. The summed E-state index contributed by atoms with van der Waals surface area (Å²) in [4.78, 5) is 2.41. The standard InChI is InChI=1S/C14H16IN3O/c15-18-8-6-17(7-9-18)11-13-10-14(16-19-13)12-4-2-1-3-5-12/h1-5,10H,6-9,11H2. The average molecular weight is 369 g/mol. The third-order valence-corrected chi connectivity index (χ3v) is 4.29. The minimum Gasteiger partial charge on any atom is -0.359 e. The number of halogens is 1. The fourth-order valence-electron chi connectivity index (χ4n) is 2.23. The van der Waals surface area contributed by atoms with E-state index in [1.54, 1.807) is 0 Å². The molecule has 0 N–H and O–H groups in total. The van der Waals surface area contributed by atoms with Gasteiger partial charge in [0, 0.05) is 60.7 Å². The smallest absolute Gasteiger partial charge is 0.151 e. The molecule has 0 amide bonds. The molecule has 19 heavy (non-hydrogen) atoms. The first kappa shape index (κ1) is 13.1. The first-order valence-electron chi connectivity index (χ1n) is 6.45. The van der Waals surface area contributed by atoms with E-state index in [1.165, 1.54) is 0 Å². The van der Waals surface area contributed by atoms with Gasteiger partial charge < -0.3 is 4.52 Å². The lowest BCUT2D eigenvalue weighted by molar-refractivity contribution is 0.180. The molecule has 100 valence electrons. The summed E-state index contributed by atoms with van der Waals surface area (Å²) in [7, 11) is 0. The quantitative estimate of drug-likeness (QED) is 0.615. The van der Waals surface area contributed by atoms with Crippen molar-refractivity contribution < 1.29 is 4.52 Å². The van der Waals surface area contributed by atoms with Crippen LogP contribution in [-0.2, 0) is 6.54 Å². The second-order valence-electron chi connectivity index (χ2n) is 4.73. The number of rotatable bonds is 3. The maximum absolute atomic E-state index is 5.44. The zero-order chi connectivity index (χ0) is 13.1. The molecule has 1 fully saturated rings. The van der Waals surface area contributed by atoms with Gasteiger partial charge >= 0.3 is 0 Å². The molecule has 2 heterocycles. The highest BCUT2D eigenvalue weighted by atomic mass is 127. The molecule has 1 aromatic carbocycles. The van der Waals surface area contributed by atoms with Crippen molar-refractivity contribution >= 4 is 22.9 Å². The molecule has 1 saturated heterocycles. The van der Waals surface area contributed by atoms with Gasteiger partial charge in [-0.2, -0.15) is 0 Å². The summed E-state index contributed by atoms with van der Waals surface area (Å²) in [5.74, 6) is 0.945. The van der Waals surface area contributed by atoms with E-state index in [2.05, 4.69) is 48.2 Å². The number of nitrogens with zero attached hydrogens (tertiary/aromatic N) is 3. The van der Waals surface area contributed by atoms with E-state index >= 15 is 0 Å². The van der Waals surface area contributed by atoms with E-state index in [4.69, 9.17) is 4.52 Å². The molecule has 0 spiro atoms. The van der Waals surface area contributed by atoms with Crippen LogP contribution in [0.25, 0.3) is 11.3 Å². The zero-order valence-electron chi connectivity index (χ0n) is 10.6. The van der Waals surface area contributed by atoms with Crippen molar-refractivity contribution in [2.45, 2.75) is 6.54 Å². The summed E-state index contributed by atoms with van der Waals surface area (Å²) in [6.07, 6.45) is 0. The van der Waals surface area contributed by atoms with Crippen molar-refractivity contribution in [3.63, 3.8) is 0 Å². The highest BCUT2D eigenvalue weighted by Crippen LogP contribution is 2.20. The maximum Gasteiger partial charge on any atom is 0.151 e. The van der Waals surface area contributed by atoms with Crippen molar-refractivity contribution in [1.82, 2.24) is 13.2 Å². The maximum atomic E-state index is 5.44. The minimum atomic E-state index is 0.852. The van der Waals surface area contributed by atoms with E-state index in [1.807, 2.05) is 24.3 Å². The monoisotopic (exact) mass is 369 g/mol. The van der Waals surface area contributed by atoms with Gasteiger partial charge in [0.05, 0.1) is 6.54 Å². The average Bonchev–Trinajstić information content (AvgIpc) is 2.91. The largest absolute Gasteiger partial charge is 0.359 e. The van der Waals surface area contributed by atoms with Gasteiger partial charge in [-0.05, 0) is 0 Å². The molecule has 4 nitrogen and oxygen atoms in total. The Labute approximate surface area is 126 Å². The van der Waals surface area contributed by atoms with Gasteiger partial charge in [0.25, 0.3) is 0 Å². The van der Waals surface area contributed by atoms with Gasteiger partial charge in [-0.25, -0.2) is 3.11 Å². The SMILES string of the molecule is IN1CCN(Cc2cc(-c3ccccc3)no2)CC1. The molecule has 1 aromatic heterocycles. The summed E-state index contributed by atoms with van der Waals surface area (Å²) in [5, 5.41) is 4.15. The molecule has 0 saturated carbocycles. The first-order chi connectivity index (χ1) is 9.31. The molecule has 2 aromatic rings. The van der Waals surface area contributed by atoms with Crippen LogP contribution in [0.2, 0.25) is 0 Å². The van der Waals surface area contributed by atoms with Crippen LogP contribution in [0.4, 0.5) is 0 Å². The summed E-state index contributed by atoms with van der Waals surface area (Å²) in [6.45, 7) is 5.25. The summed E-state index contributed by atoms with van der Waals surface area (Å²) < 4.78 is 7.76. The predicted molar refractivity (Wildman–Crippen MR) is 82.8 cm³/mol. The lowest BCUT2D eigenvalue weighted by Gasteiger charge is -2.30. The molecule has 0 radical (unpaired) electrons. The van der Waals surface area contributed by atoms with Crippen molar-refractivity contribution in [2.24, 2.45) is 0 Å². The normalized spacial score (nSPS) is 17.7. The molecule has 0 bridgehead atoms. The zero-order valence-corrected chi connectivity index (χ0v) is 12.8. The van der Waals surface area contributed by atoms with Gasteiger partial charge in [0.1, 0.15) is 5.69 Å². The summed E-state index contributed by atoms with van der Waals surface area (Å²) >= 11 is 2.38. The molecule has 1 aliphatic heterocycles. The molecule has 0 aliphatic carbocycles. The van der Waals surface area contributed by atoms with Crippen LogP contribution in [-0.4, -0.2) is 39.3 Å². The summed E-state index contributed by atoms with van der Waals surface area (Å²) in [6, 6.07) is 12.2. The second-order valence-corrected chi connectivity index (χ2v) is 6.10. The molecular weight excluding hydrogens is 353 g/mol. The predicted octanol–water partition coefficient (Wildman–Crippen LogP) is 2.81. The minimum absolute atomic E-state index is 0.852. The van der Waals surface area contributed by atoms with Gasteiger partial charge in [0.2, 0.25) is 0 Å². The Hall–Kier alpha value is -0.920. The van der Waals surface area contributed by atoms with Gasteiger partial charge in [-0.1, -0.05) is 35.5 Å². The fraction of sp³-hybridized carbons (Fsp3) is 0.357. The van der Waals surface area contributed by atoms with Crippen LogP contribution in [0.1, 0.15) is 5.76 Å². The third-order valence-electron chi connectivity index (χ3n) is 3.33. The number of hydrogen-bond donors (Lipinski definition) is 0. The fourth-order valence-corrected chi connectivity index (χ4v) is 2.67. The molecule has 1 aliphatic rings. The molecule has 0 unspecified atom stereocenters. The van der Waals surface area contributed by atoms with Crippen LogP contribution in [0.5, 0.6) is 0 Å². The Kier molecular flexibility index (Phi) is 4.15. The number of aromatic nitrogens is 1. The van der Waals surface area contributed by atoms with Gasteiger partial charge in [0.15, 0.2) is 5.76 Å². The van der Waals surface area contributed by atoms with Crippen molar-refractivity contribution in [3.8, 4) is 11.3 Å². The van der Waals surface area contributed by atoms with E-state index in [0.29, 0.717) is 0 Å². The number of benzene rings is 1. The molecular formula is C14H16IN3O. The lowest BCUT2D eigenvalue weighted by atomic mass is 10.1. The molecule has 3 rings (SSSR count). The third kappa shape index (κ3) is 3.34. The van der Waals surface area contributed by atoms with E-state index in [-0.39, 0.29) is 0 Å². The van der Waals surface area contributed by atoms with Crippen LogP contribution in [0.3, 0.4) is 0 Å². The van der Waals surface area contributed by atoms with Gasteiger partial charge in [-0.3, -0.25) is 4.90 Å². The Morgan fingerprint density at radius 1 is 1.11 bits per heavy atom. The van der Waals surface area contributed by atoms with E-state index in [9.17, 15) is 0 Å².